The van der Waals surface area contributed by atoms with Crippen LogP contribution in [0.15, 0.2) is 35.4 Å². The van der Waals surface area contributed by atoms with Gasteiger partial charge in [0.15, 0.2) is 9.84 Å². The zero-order chi connectivity index (χ0) is 15.5. The van der Waals surface area contributed by atoms with Crippen molar-refractivity contribution in [2.75, 3.05) is 6.26 Å². The van der Waals surface area contributed by atoms with Gasteiger partial charge in [-0.1, -0.05) is 19.1 Å². The predicted octanol–water partition coefficient (Wildman–Crippen LogP) is 2.37. The number of nitrogens with one attached hydrogen (secondary N) is 2. The Morgan fingerprint density at radius 2 is 1.95 bits per heavy atom. The summed E-state index contributed by atoms with van der Waals surface area (Å²) in [6.07, 6.45) is 4.04. The number of sulfone groups is 1. The van der Waals surface area contributed by atoms with E-state index in [0.29, 0.717) is 17.5 Å². The summed E-state index contributed by atoms with van der Waals surface area (Å²) in [7, 11) is -3.15. The van der Waals surface area contributed by atoms with E-state index in [2.05, 4.69) is 29.1 Å². The highest BCUT2D eigenvalue weighted by molar-refractivity contribution is 7.90. The van der Waals surface area contributed by atoms with Gasteiger partial charge in [-0.15, -0.1) is 0 Å². The van der Waals surface area contributed by atoms with E-state index in [-0.39, 0.29) is 0 Å². The minimum Gasteiger partial charge on any atom is -0.341 e. The van der Waals surface area contributed by atoms with Crippen molar-refractivity contribution in [3.8, 4) is 11.3 Å². The fourth-order valence-electron chi connectivity index (χ4n) is 1.90. The Labute approximate surface area is 125 Å². The summed E-state index contributed by atoms with van der Waals surface area (Å²) >= 11 is 0. The largest absolute Gasteiger partial charge is 0.341 e. The highest BCUT2D eigenvalue weighted by atomic mass is 32.2. The summed E-state index contributed by atoms with van der Waals surface area (Å²) < 4.78 is 22.9. The van der Waals surface area contributed by atoms with Gasteiger partial charge in [-0.25, -0.2) is 13.4 Å². The van der Waals surface area contributed by atoms with E-state index in [1.54, 1.807) is 30.5 Å². The fourth-order valence-corrected chi connectivity index (χ4v) is 2.53. The summed E-state index contributed by atoms with van der Waals surface area (Å²) in [6, 6.07) is 7.25. The molecule has 2 N–H and O–H groups in total. The van der Waals surface area contributed by atoms with E-state index in [0.717, 1.165) is 23.5 Å². The number of nitrogens with zero attached hydrogens (tertiary/aromatic N) is 1. The van der Waals surface area contributed by atoms with Crippen LogP contribution >= 0.6 is 0 Å². The number of aromatic nitrogens is 2. The van der Waals surface area contributed by atoms with Crippen LogP contribution in [-0.4, -0.2) is 30.7 Å². The van der Waals surface area contributed by atoms with Crippen molar-refractivity contribution in [3.63, 3.8) is 0 Å². The summed E-state index contributed by atoms with van der Waals surface area (Å²) in [6.45, 7) is 4.96. The maximum atomic E-state index is 11.4. The highest BCUT2D eigenvalue weighted by Crippen LogP contribution is 2.19. The molecule has 1 aromatic carbocycles. The van der Waals surface area contributed by atoms with Gasteiger partial charge < -0.3 is 10.3 Å². The zero-order valence-corrected chi connectivity index (χ0v) is 13.4. The first kappa shape index (κ1) is 15.7. The summed E-state index contributed by atoms with van der Waals surface area (Å²) in [4.78, 5) is 7.90. The van der Waals surface area contributed by atoms with Crippen LogP contribution in [0.4, 0.5) is 0 Å². The fraction of sp³-hybridized carbons (Fsp3) is 0.400. The number of benzene rings is 1. The Morgan fingerprint density at radius 3 is 2.52 bits per heavy atom. The van der Waals surface area contributed by atoms with Crippen molar-refractivity contribution < 1.29 is 8.42 Å². The maximum Gasteiger partial charge on any atom is 0.175 e. The van der Waals surface area contributed by atoms with Crippen LogP contribution in [-0.2, 0) is 16.4 Å². The van der Waals surface area contributed by atoms with E-state index in [1.807, 2.05) is 0 Å². The quantitative estimate of drug-likeness (QED) is 0.859. The molecule has 0 spiro atoms. The zero-order valence-electron chi connectivity index (χ0n) is 12.6. The monoisotopic (exact) mass is 307 g/mol. The molecule has 1 aromatic heterocycles. The number of hydrogen-bond acceptors (Lipinski definition) is 4. The third-order valence-corrected chi connectivity index (χ3v) is 4.58. The second kappa shape index (κ2) is 6.41. The van der Waals surface area contributed by atoms with Crippen LogP contribution < -0.4 is 5.32 Å². The highest BCUT2D eigenvalue weighted by Gasteiger charge is 2.08. The topological polar surface area (TPSA) is 74.8 Å². The minimum atomic E-state index is -3.15. The van der Waals surface area contributed by atoms with Gasteiger partial charge in [-0.3, -0.25) is 0 Å². The van der Waals surface area contributed by atoms with Gasteiger partial charge in [-0.05, 0) is 31.0 Å². The number of aromatic amines is 1. The number of rotatable bonds is 6. The first-order valence-electron chi connectivity index (χ1n) is 6.98. The average Bonchev–Trinajstić information content (AvgIpc) is 2.93. The summed E-state index contributed by atoms with van der Waals surface area (Å²) in [5.74, 6) is 0.873. The lowest BCUT2D eigenvalue weighted by Crippen LogP contribution is -2.24. The van der Waals surface area contributed by atoms with Crippen molar-refractivity contribution in [2.24, 2.45) is 0 Å². The van der Waals surface area contributed by atoms with Crippen LogP contribution in [0.5, 0.6) is 0 Å². The molecule has 0 aliphatic heterocycles. The van der Waals surface area contributed by atoms with E-state index in [9.17, 15) is 8.42 Å². The number of H-pyrrole nitrogens is 1. The SMILES string of the molecule is CCC(C)NCc1ncc(-c2ccc(S(C)(=O)=O)cc2)[nH]1. The van der Waals surface area contributed by atoms with Gasteiger partial charge in [0, 0.05) is 12.3 Å². The molecule has 0 saturated heterocycles. The summed E-state index contributed by atoms with van der Waals surface area (Å²) in [5, 5.41) is 3.37. The molecule has 0 fully saturated rings. The van der Waals surface area contributed by atoms with Gasteiger partial charge in [0.1, 0.15) is 5.82 Å². The van der Waals surface area contributed by atoms with Crippen LogP contribution in [0.2, 0.25) is 0 Å². The lowest BCUT2D eigenvalue weighted by atomic mass is 10.2. The van der Waals surface area contributed by atoms with Gasteiger partial charge in [0.05, 0.1) is 23.3 Å². The van der Waals surface area contributed by atoms with E-state index in [4.69, 9.17) is 0 Å². The van der Waals surface area contributed by atoms with Crippen molar-refractivity contribution in [1.82, 2.24) is 15.3 Å². The molecule has 0 saturated carbocycles. The Morgan fingerprint density at radius 1 is 1.29 bits per heavy atom. The van der Waals surface area contributed by atoms with Crippen LogP contribution in [0.1, 0.15) is 26.1 Å². The predicted molar refractivity (Wildman–Crippen MR) is 83.7 cm³/mol. The molecule has 1 unspecified atom stereocenters. The molecule has 1 heterocycles. The molecule has 5 nitrogen and oxygen atoms in total. The Hall–Kier alpha value is -1.66. The molecule has 1 atom stereocenters. The molecule has 2 rings (SSSR count). The second-order valence-corrected chi connectivity index (χ2v) is 7.25. The van der Waals surface area contributed by atoms with Gasteiger partial charge in [0.2, 0.25) is 0 Å². The molecule has 0 amide bonds. The Balaban J connectivity index is 2.11. The molecule has 21 heavy (non-hydrogen) atoms. The third-order valence-electron chi connectivity index (χ3n) is 3.45. The molecule has 0 radical (unpaired) electrons. The van der Waals surface area contributed by atoms with Crippen LogP contribution in [0.25, 0.3) is 11.3 Å². The van der Waals surface area contributed by atoms with Gasteiger partial charge in [-0.2, -0.15) is 0 Å². The van der Waals surface area contributed by atoms with Crippen molar-refractivity contribution in [1.29, 1.82) is 0 Å². The number of imidazole rings is 1. The molecular weight excluding hydrogens is 286 g/mol. The smallest absolute Gasteiger partial charge is 0.175 e. The van der Waals surface area contributed by atoms with Crippen LogP contribution in [0.3, 0.4) is 0 Å². The molecule has 0 bridgehead atoms. The van der Waals surface area contributed by atoms with Crippen molar-refractivity contribution in [2.45, 2.75) is 37.8 Å². The minimum absolute atomic E-state index is 0.324. The van der Waals surface area contributed by atoms with Crippen molar-refractivity contribution >= 4 is 9.84 Å². The van der Waals surface area contributed by atoms with E-state index < -0.39 is 9.84 Å². The molecule has 114 valence electrons. The molecular formula is C15H21N3O2S. The standard InChI is InChI=1S/C15H21N3O2S/c1-4-11(2)16-10-15-17-9-14(18-15)12-5-7-13(8-6-12)21(3,19)20/h5-9,11,16H,4,10H2,1-3H3,(H,17,18). The van der Waals surface area contributed by atoms with Gasteiger partial charge in [0.25, 0.3) is 0 Å². The van der Waals surface area contributed by atoms with E-state index >= 15 is 0 Å². The van der Waals surface area contributed by atoms with Crippen molar-refractivity contribution in [3.05, 3.63) is 36.3 Å². The molecule has 0 aliphatic carbocycles. The average molecular weight is 307 g/mol. The first-order chi connectivity index (χ1) is 9.90. The van der Waals surface area contributed by atoms with Gasteiger partial charge >= 0.3 is 0 Å². The third kappa shape index (κ3) is 4.15. The maximum absolute atomic E-state index is 11.4. The molecule has 6 heteroatoms. The number of hydrogen-bond donors (Lipinski definition) is 2. The summed E-state index contributed by atoms with van der Waals surface area (Å²) in [5.41, 5.74) is 1.81. The van der Waals surface area contributed by atoms with Crippen LogP contribution in [0, 0.1) is 0 Å². The molecule has 2 aromatic rings. The Bertz CT molecular complexity index is 690. The van der Waals surface area contributed by atoms with E-state index in [1.165, 1.54) is 6.26 Å². The Kier molecular flexibility index (Phi) is 4.80. The normalized spacial score (nSPS) is 13.3. The lowest BCUT2D eigenvalue weighted by Gasteiger charge is -2.08. The second-order valence-electron chi connectivity index (χ2n) is 5.23. The molecule has 0 aliphatic rings. The lowest BCUT2D eigenvalue weighted by molar-refractivity contribution is 0.525. The first-order valence-corrected chi connectivity index (χ1v) is 8.87.